The Hall–Kier alpha value is -6.43. The highest BCUT2D eigenvalue weighted by molar-refractivity contribution is 6.68. The van der Waals surface area contributed by atoms with Crippen molar-refractivity contribution in [2.24, 2.45) is 11.5 Å². The van der Waals surface area contributed by atoms with Crippen molar-refractivity contribution in [2.75, 3.05) is 25.3 Å². The van der Waals surface area contributed by atoms with Crippen LogP contribution < -0.4 is 41.5 Å². The molecule has 0 radical (unpaired) electrons. The van der Waals surface area contributed by atoms with Crippen LogP contribution >= 0.6 is 58.0 Å². The normalized spacial score (nSPS) is 10.2. The van der Waals surface area contributed by atoms with Gasteiger partial charge in [-0.2, -0.15) is 0 Å². The van der Waals surface area contributed by atoms with Crippen molar-refractivity contribution >= 4 is 92.3 Å². The number of primary amides is 2. The Morgan fingerprint density at radius 2 is 1.03 bits per heavy atom. The summed E-state index contributed by atoms with van der Waals surface area (Å²) in [6.45, 7) is 0. The number of ether oxygens (including phenoxy) is 4. The maximum absolute atomic E-state index is 13.7. The lowest BCUT2D eigenvalue weighted by molar-refractivity contribution is 0.0987. The van der Waals surface area contributed by atoms with Gasteiger partial charge in [0, 0.05) is 35.9 Å². The molecule has 6 aromatic rings. The van der Waals surface area contributed by atoms with E-state index in [2.05, 4.69) is 15.3 Å². The van der Waals surface area contributed by atoms with Crippen LogP contribution in [0.5, 0.6) is 34.8 Å². The van der Waals surface area contributed by atoms with Crippen LogP contribution in [-0.4, -0.2) is 47.2 Å². The molecule has 2 aromatic heterocycles. The number of halogens is 7. The first-order valence-corrected chi connectivity index (χ1v) is 18.6. The van der Waals surface area contributed by atoms with E-state index in [1.807, 2.05) is 0 Å². The van der Waals surface area contributed by atoms with Crippen molar-refractivity contribution in [1.29, 1.82) is 0 Å². The SMILES string of the molecule is COc1ncccc1Oc1cc(Cl)c(Cl)cc1C(=O)Cl.COc1ncccc1Oc1cc(Cl)c(Cl)cc1C(=O)Nc1ccc(F)c(C(N)=O)c1.NC(=O)c1cc(N)ccc1F. The minimum atomic E-state index is -0.967. The van der Waals surface area contributed by atoms with E-state index in [-0.39, 0.29) is 77.0 Å². The number of carbonyl (C=O) groups excluding carboxylic acids is 4. The maximum atomic E-state index is 13.7. The first kappa shape index (κ1) is 47.3. The standard InChI is InChI=1S/C20H14Cl2FN3O4.C13H8Cl3NO3.C7H7FN2O/c1-29-20-16(3-2-6-25-20)30-17-9-14(22)13(21)8-12(17)19(28)26-10-4-5-15(23)11(7-10)18(24)27;1-19-13-10(3-2-4-17-13)20-11-6-9(15)8(14)5-7(11)12(16)18;8-6-2-1-4(9)3-5(6)7(10)11/h2-9H,1H3,(H2,24,27)(H,26,28);2-6H,1H3;1-3H,9H2,(H2,10,11). The Morgan fingerprint density at radius 1 is 0.590 bits per heavy atom. The van der Waals surface area contributed by atoms with Gasteiger partial charge in [-0.25, -0.2) is 18.7 Å². The summed E-state index contributed by atoms with van der Waals surface area (Å²) < 4.78 is 47.9. The van der Waals surface area contributed by atoms with E-state index in [0.717, 1.165) is 18.2 Å². The molecule has 316 valence electrons. The Balaban J connectivity index is 0.000000226. The summed E-state index contributed by atoms with van der Waals surface area (Å²) in [5.74, 6) is -2.59. The van der Waals surface area contributed by atoms with Gasteiger partial charge in [-0.3, -0.25) is 19.2 Å². The smallest absolute Gasteiger partial charge is 0.259 e. The summed E-state index contributed by atoms with van der Waals surface area (Å²) >= 11 is 29.4. The number of carbonyl (C=O) groups is 4. The number of nitrogens with zero attached hydrogens (tertiary/aromatic N) is 2. The molecule has 0 aliphatic heterocycles. The summed E-state index contributed by atoms with van der Waals surface area (Å²) in [7, 11) is 2.88. The molecule has 0 spiro atoms. The number of benzene rings is 4. The van der Waals surface area contributed by atoms with E-state index < -0.39 is 34.6 Å². The average Bonchev–Trinajstić information content (AvgIpc) is 3.22. The number of anilines is 2. The van der Waals surface area contributed by atoms with Gasteiger partial charge in [0.05, 0.1) is 56.6 Å². The van der Waals surface area contributed by atoms with Gasteiger partial charge in [-0.15, -0.1) is 0 Å². The quantitative estimate of drug-likeness (QED) is 0.0707. The molecule has 0 fully saturated rings. The number of amides is 3. The van der Waals surface area contributed by atoms with E-state index in [4.69, 9.17) is 94.2 Å². The van der Waals surface area contributed by atoms with Gasteiger partial charge < -0.3 is 41.5 Å². The molecular formula is C40H29Cl5F2N6O8. The Kier molecular flexibility index (Phi) is 16.8. The lowest BCUT2D eigenvalue weighted by Crippen LogP contribution is -2.16. The summed E-state index contributed by atoms with van der Waals surface area (Å²) in [6.07, 6.45) is 3.06. The third kappa shape index (κ3) is 12.8. The molecule has 0 aliphatic rings. The fraction of sp³-hybridized carbons (Fsp3) is 0.0500. The van der Waals surface area contributed by atoms with Crippen LogP contribution in [0.4, 0.5) is 20.2 Å². The number of pyridine rings is 2. The molecule has 3 amide bonds. The van der Waals surface area contributed by atoms with Gasteiger partial charge in [-0.05, 0) is 84.4 Å². The third-order valence-corrected chi connectivity index (χ3v) is 9.19. The number of nitrogens with one attached hydrogen (secondary N) is 1. The largest absolute Gasteiger partial charge is 0.478 e. The second-order valence-corrected chi connectivity index (χ2v) is 13.6. The van der Waals surface area contributed by atoms with E-state index in [9.17, 15) is 28.0 Å². The summed E-state index contributed by atoms with van der Waals surface area (Å²) in [5.41, 5.74) is 15.3. The van der Waals surface area contributed by atoms with Crippen LogP contribution in [-0.2, 0) is 0 Å². The van der Waals surface area contributed by atoms with Crippen molar-refractivity contribution in [3.05, 3.63) is 151 Å². The number of rotatable bonds is 11. The van der Waals surface area contributed by atoms with Gasteiger partial charge >= 0.3 is 0 Å². The van der Waals surface area contributed by atoms with Gasteiger partial charge in [0.1, 0.15) is 23.1 Å². The molecule has 2 heterocycles. The highest BCUT2D eigenvalue weighted by Gasteiger charge is 2.20. The van der Waals surface area contributed by atoms with Gasteiger partial charge in [0.25, 0.3) is 34.7 Å². The molecule has 21 heteroatoms. The van der Waals surface area contributed by atoms with Crippen molar-refractivity contribution in [1.82, 2.24) is 9.97 Å². The van der Waals surface area contributed by atoms with Crippen LogP contribution in [0.1, 0.15) is 41.4 Å². The van der Waals surface area contributed by atoms with Crippen molar-refractivity contribution < 1.29 is 46.9 Å². The van der Waals surface area contributed by atoms with Crippen molar-refractivity contribution in [3.8, 4) is 34.8 Å². The number of nitrogens with two attached hydrogens (primary N) is 3. The highest BCUT2D eigenvalue weighted by Crippen LogP contribution is 2.38. The summed E-state index contributed by atoms with van der Waals surface area (Å²) in [6, 6.07) is 19.0. The zero-order valence-electron chi connectivity index (χ0n) is 31.3. The van der Waals surface area contributed by atoms with E-state index in [1.165, 1.54) is 62.9 Å². The van der Waals surface area contributed by atoms with Crippen LogP contribution in [0.3, 0.4) is 0 Å². The third-order valence-electron chi connectivity index (χ3n) is 7.55. The molecular weight excluding hydrogens is 908 g/mol. The molecule has 14 nitrogen and oxygen atoms in total. The molecule has 0 atom stereocenters. The fourth-order valence-corrected chi connectivity index (χ4v) is 5.51. The van der Waals surface area contributed by atoms with Crippen LogP contribution in [0.15, 0.2) is 97.3 Å². The Morgan fingerprint density at radius 3 is 1.49 bits per heavy atom. The first-order valence-electron chi connectivity index (χ1n) is 16.7. The van der Waals surface area contributed by atoms with Crippen molar-refractivity contribution in [2.45, 2.75) is 0 Å². The Labute approximate surface area is 370 Å². The van der Waals surface area contributed by atoms with Gasteiger partial charge in [-0.1, -0.05) is 46.4 Å². The van der Waals surface area contributed by atoms with Crippen LogP contribution in [0, 0.1) is 11.6 Å². The zero-order valence-corrected chi connectivity index (χ0v) is 35.1. The molecule has 0 bridgehead atoms. The minimum absolute atomic E-state index is 0.0280. The van der Waals surface area contributed by atoms with Crippen molar-refractivity contribution in [3.63, 3.8) is 0 Å². The number of hydrogen-bond acceptors (Lipinski definition) is 11. The topological polar surface area (TPSA) is 221 Å². The Bertz CT molecular complexity index is 2620. The molecule has 0 aliphatic carbocycles. The van der Waals surface area contributed by atoms with Crippen LogP contribution in [0.2, 0.25) is 20.1 Å². The van der Waals surface area contributed by atoms with Gasteiger partial charge in [0.2, 0.25) is 0 Å². The highest BCUT2D eigenvalue weighted by atomic mass is 35.5. The zero-order chi connectivity index (χ0) is 45.0. The maximum Gasteiger partial charge on any atom is 0.259 e. The number of hydrogen-bond donors (Lipinski definition) is 4. The second kappa shape index (κ2) is 21.7. The number of nitrogen functional groups attached to an aromatic ring is 1. The average molecular weight is 937 g/mol. The van der Waals surface area contributed by atoms with Crippen LogP contribution in [0.25, 0.3) is 0 Å². The molecule has 4 aromatic carbocycles. The molecule has 0 unspecified atom stereocenters. The minimum Gasteiger partial charge on any atom is -0.478 e. The van der Waals surface area contributed by atoms with E-state index in [1.54, 1.807) is 30.5 Å². The number of methoxy groups -OCH3 is 2. The lowest BCUT2D eigenvalue weighted by Gasteiger charge is -2.14. The first-order chi connectivity index (χ1) is 28.9. The monoisotopic (exact) mass is 934 g/mol. The van der Waals surface area contributed by atoms with E-state index in [0.29, 0.717) is 11.4 Å². The molecule has 7 N–H and O–H groups in total. The molecule has 0 saturated heterocycles. The molecule has 6 rings (SSSR count). The lowest BCUT2D eigenvalue weighted by atomic mass is 10.1. The molecule has 61 heavy (non-hydrogen) atoms. The predicted octanol–water partition coefficient (Wildman–Crippen LogP) is 9.75. The second-order valence-electron chi connectivity index (χ2n) is 11.6. The summed E-state index contributed by atoms with van der Waals surface area (Å²) in [5, 5.41) is 2.56. The molecule has 0 saturated carbocycles. The summed E-state index contributed by atoms with van der Waals surface area (Å²) in [4.78, 5) is 54.1. The van der Waals surface area contributed by atoms with Gasteiger partial charge in [0.15, 0.2) is 11.5 Å². The predicted molar refractivity (Wildman–Crippen MR) is 227 cm³/mol. The number of aromatic nitrogens is 2. The fourth-order valence-electron chi connectivity index (χ4n) is 4.73. The van der Waals surface area contributed by atoms with E-state index >= 15 is 0 Å².